The molecule has 2 rings (SSSR count). The van der Waals surface area contributed by atoms with Crippen molar-refractivity contribution in [3.8, 4) is 5.75 Å². The summed E-state index contributed by atoms with van der Waals surface area (Å²) in [7, 11) is 3.07. The maximum Gasteiger partial charge on any atom is 0.158 e. The van der Waals surface area contributed by atoms with Crippen molar-refractivity contribution in [1.29, 1.82) is 0 Å². The minimum Gasteiger partial charge on any atom is -0.494 e. The molecule has 0 spiro atoms. The topological polar surface area (TPSA) is 98.1 Å². The van der Waals surface area contributed by atoms with Gasteiger partial charge in [-0.25, -0.2) is 11.0 Å². The zero-order valence-electron chi connectivity index (χ0n) is 12.1. The van der Waals surface area contributed by atoms with Crippen molar-refractivity contribution < 1.29 is 9.47 Å². The molecular formula is C13H20ClN5O2. The Bertz CT molecular complexity index is 550. The van der Waals surface area contributed by atoms with Crippen molar-refractivity contribution in [2.45, 2.75) is 12.8 Å². The lowest BCUT2D eigenvalue weighted by Gasteiger charge is -2.24. The lowest BCUT2D eigenvalue weighted by molar-refractivity contribution is 0.0656. The highest BCUT2D eigenvalue weighted by Gasteiger charge is 2.23. The van der Waals surface area contributed by atoms with Crippen LogP contribution in [0.25, 0.3) is 0 Å². The molecule has 116 valence electrons. The lowest BCUT2D eigenvalue weighted by atomic mass is 9.98. The number of anilines is 1. The minimum atomic E-state index is 0.124. The number of nitrogens with one attached hydrogen (secondary N) is 1. The number of amidine groups is 1. The fraction of sp³-hybridized carbons (Fsp3) is 0.462. The van der Waals surface area contributed by atoms with Gasteiger partial charge in [0.05, 0.1) is 23.4 Å². The van der Waals surface area contributed by atoms with E-state index in [1.807, 2.05) is 6.07 Å². The van der Waals surface area contributed by atoms with Gasteiger partial charge in [0.1, 0.15) is 0 Å². The summed E-state index contributed by atoms with van der Waals surface area (Å²) in [5, 5.41) is 9.05. The quantitative estimate of drug-likeness (QED) is 0.248. The summed E-state index contributed by atoms with van der Waals surface area (Å²) in [6, 6.07) is 1.90. The molecule has 8 heteroatoms. The number of ether oxygens (including phenoxy) is 2. The molecule has 0 aliphatic carbocycles. The van der Waals surface area contributed by atoms with Crippen LogP contribution in [-0.2, 0) is 11.2 Å². The zero-order valence-corrected chi connectivity index (χ0v) is 12.9. The number of hydrazine groups is 1. The largest absolute Gasteiger partial charge is 0.494 e. The van der Waals surface area contributed by atoms with Crippen molar-refractivity contribution in [3.63, 3.8) is 0 Å². The summed E-state index contributed by atoms with van der Waals surface area (Å²) in [4.78, 5) is 0. The van der Waals surface area contributed by atoms with Gasteiger partial charge in [0.25, 0.3) is 0 Å². The van der Waals surface area contributed by atoms with Crippen LogP contribution >= 0.6 is 11.6 Å². The van der Waals surface area contributed by atoms with E-state index in [-0.39, 0.29) is 12.6 Å². The van der Waals surface area contributed by atoms with Crippen LogP contribution in [0.3, 0.4) is 0 Å². The first-order valence-corrected chi connectivity index (χ1v) is 6.95. The van der Waals surface area contributed by atoms with E-state index in [0.717, 1.165) is 35.8 Å². The van der Waals surface area contributed by atoms with E-state index in [1.54, 1.807) is 7.11 Å². The van der Waals surface area contributed by atoms with Gasteiger partial charge in [0, 0.05) is 13.7 Å². The predicted octanol–water partition coefficient (Wildman–Crippen LogP) is 1.11. The van der Waals surface area contributed by atoms with Crippen LogP contribution in [0.1, 0.15) is 17.5 Å². The smallest absolute Gasteiger partial charge is 0.158 e. The molecule has 5 N–H and O–H groups in total. The van der Waals surface area contributed by atoms with Gasteiger partial charge < -0.3 is 20.5 Å². The predicted molar refractivity (Wildman–Crippen MR) is 83.4 cm³/mol. The van der Waals surface area contributed by atoms with Crippen LogP contribution in [0.15, 0.2) is 11.2 Å². The highest BCUT2D eigenvalue weighted by atomic mass is 35.5. The second-order valence-electron chi connectivity index (χ2n) is 4.67. The van der Waals surface area contributed by atoms with Crippen LogP contribution in [0.2, 0.25) is 5.02 Å². The fourth-order valence-corrected chi connectivity index (χ4v) is 2.67. The average molecular weight is 314 g/mol. The maximum atomic E-state index is 6.28. The van der Waals surface area contributed by atoms with Gasteiger partial charge in [-0.2, -0.15) is 0 Å². The summed E-state index contributed by atoms with van der Waals surface area (Å²) in [5.41, 5.74) is 8.71. The molecule has 1 heterocycles. The minimum absolute atomic E-state index is 0.124. The van der Waals surface area contributed by atoms with Crippen molar-refractivity contribution in [2.24, 2.45) is 16.7 Å². The monoisotopic (exact) mass is 313 g/mol. The number of nitrogens with two attached hydrogens (primary N) is 2. The molecule has 0 saturated carbocycles. The van der Waals surface area contributed by atoms with Gasteiger partial charge in [0.2, 0.25) is 0 Å². The van der Waals surface area contributed by atoms with Crippen LogP contribution < -0.4 is 21.6 Å². The van der Waals surface area contributed by atoms with Gasteiger partial charge in [-0.1, -0.05) is 11.6 Å². The van der Waals surface area contributed by atoms with Crippen LogP contribution in [-0.4, -0.2) is 38.4 Å². The molecule has 0 saturated heterocycles. The first kappa shape index (κ1) is 15.7. The highest BCUT2D eigenvalue weighted by Crippen LogP contribution is 2.38. The highest BCUT2D eigenvalue weighted by molar-refractivity contribution is 6.33. The number of fused-ring (bicyclic) bond motifs is 1. The molecule has 0 fully saturated rings. The molecule has 0 amide bonds. The van der Waals surface area contributed by atoms with Gasteiger partial charge >= 0.3 is 0 Å². The van der Waals surface area contributed by atoms with Gasteiger partial charge in [-0.15, -0.1) is 5.10 Å². The van der Waals surface area contributed by atoms with Gasteiger partial charge in [-0.3, -0.25) is 0 Å². The molecule has 1 aliphatic heterocycles. The second kappa shape index (κ2) is 6.84. The van der Waals surface area contributed by atoms with E-state index in [4.69, 9.17) is 32.7 Å². The Morgan fingerprint density at radius 1 is 1.52 bits per heavy atom. The number of rotatable bonds is 5. The van der Waals surface area contributed by atoms with Crippen molar-refractivity contribution in [2.75, 3.05) is 32.8 Å². The average Bonchev–Trinajstić information content (AvgIpc) is 2.45. The Balaban J connectivity index is 2.52. The fourth-order valence-electron chi connectivity index (χ4n) is 2.37. The molecule has 0 aromatic heterocycles. The zero-order chi connectivity index (χ0) is 15.4. The SMILES string of the molecule is COCN(N)/N=C(\N)c1c2c(cc(Cl)c1OC)CCCN2. The van der Waals surface area contributed by atoms with Crippen molar-refractivity contribution >= 4 is 23.1 Å². The van der Waals surface area contributed by atoms with Crippen molar-refractivity contribution in [1.82, 2.24) is 5.12 Å². The summed E-state index contributed by atoms with van der Waals surface area (Å²) in [6.07, 6.45) is 1.97. The van der Waals surface area contributed by atoms with E-state index in [1.165, 1.54) is 7.11 Å². The van der Waals surface area contributed by atoms with Gasteiger partial charge in [0.15, 0.2) is 18.3 Å². The molecular weight excluding hydrogens is 294 g/mol. The maximum absolute atomic E-state index is 6.28. The van der Waals surface area contributed by atoms with Gasteiger partial charge in [-0.05, 0) is 24.5 Å². The lowest BCUT2D eigenvalue weighted by Crippen LogP contribution is -2.32. The third kappa shape index (κ3) is 3.31. The molecule has 1 aromatic rings. The number of nitrogens with zero attached hydrogens (tertiary/aromatic N) is 2. The number of hydrazone groups is 1. The van der Waals surface area contributed by atoms with E-state index in [2.05, 4.69) is 10.4 Å². The Labute approximate surface area is 128 Å². The third-order valence-corrected chi connectivity index (χ3v) is 3.48. The number of hydrogen-bond acceptors (Lipinski definition) is 6. The normalized spacial score (nSPS) is 14.4. The Hall–Kier alpha value is -1.70. The molecule has 7 nitrogen and oxygen atoms in total. The second-order valence-corrected chi connectivity index (χ2v) is 5.08. The number of hydrogen-bond donors (Lipinski definition) is 3. The van der Waals surface area contributed by atoms with Crippen molar-refractivity contribution in [3.05, 3.63) is 22.2 Å². The standard InChI is InChI=1S/C13H20ClN5O2/c1-20-7-19(16)18-13(15)10-11-8(4-3-5-17-11)6-9(14)12(10)21-2/h6,17H,3-5,7,16H2,1-2H3,(H2,15,18). The number of halogens is 1. The molecule has 0 atom stereocenters. The number of methoxy groups -OCH3 is 2. The molecule has 0 bridgehead atoms. The van der Waals surface area contributed by atoms with E-state index >= 15 is 0 Å². The summed E-state index contributed by atoms with van der Waals surface area (Å²) in [5.74, 6) is 6.38. The Kier molecular flexibility index (Phi) is 5.11. The molecule has 21 heavy (non-hydrogen) atoms. The van der Waals surface area contributed by atoms with Crippen LogP contribution in [0.5, 0.6) is 5.75 Å². The van der Waals surface area contributed by atoms with E-state index in [9.17, 15) is 0 Å². The van der Waals surface area contributed by atoms with E-state index in [0.29, 0.717) is 16.3 Å². The summed E-state index contributed by atoms with van der Waals surface area (Å²) >= 11 is 6.28. The molecule has 0 radical (unpaired) electrons. The molecule has 1 aliphatic rings. The van der Waals surface area contributed by atoms with Crippen LogP contribution in [0.4, 0.5) is 5.69 Å². The summed E-state index contributed by atoms with van der Waals surface area (Å²) in [6.45, 7) is 0.988. The van der Waals surface area contributed by atoms with Crippen LogP contribution in [0, 0.1) is 0 Å². The molecule has 1 aromatic carbocycles. The van der Waals surface area contributed by atoms with E-state index < -0.39 is 0 Å². The number of benzene rings is 1. The first-order valence-electron chi connectivity index (χ1n) is 6.57. The third-order valence-electron chi connectivity index (χ3n) is 3.20. The first-order chi connectivity index (χ1) is 10.1. The number of aryl methyl sites for hydroxylation is 1. The molecule has 0 unspecified atom stereocenters. The Morgan fingerprint density at radius 2 is 2.29 bits per heavy atom. The summed E-state index contributed by atoms with van der Waals surface area (Å²) < 4.78 is 10.3. The Morgan fingerprint density at radius 3 is 2.95 bits per heavy atom.